The van der Waals surface area contributed by atoms with Crippen molar-refractivity contribution < 1.29 is 14.4 Å². The second-order valence-corrected chi connectivity index (χ2v) is 7.26. The zero-order valence-electron chi connectivity index (χ0n) is 15.8. The smallest absolute Gasteiger partial charge is 0.257 e. The van der Waals surface area contributed by atoms with Crippen molar-refractivity contribution in [2.45, 2.75) is 84.1 Å². The molecular weight excluding hydrogens is 312 g/mol. The molecule has 1 heterocycles. The maximum absolute atomic E-state index is 10.6. The summed E-state index contributed by atoms with van der Waals surface area (Å²) < 4.78 is 10.7. The van der Waals surface area contributed by atoms with Crippen LogP contribution in [0.1, 0.15) is 58.2 Å². The van der Waals surface area contributed by atoms with E-state index in [1.165, 1.54) is 36.1 Å². The second kappa shape index (κ2) is 8.81. The van der Waals surface area contributed by atoms with Crippen LogP contribution in [0.15, 0.2) is 24.3 Å². The number of nitrogens with zero attached hydrogens (tertiary/aromatic N) is 2. The van der Waals surface area contributed by atoms with Gasteiger partial charge in [0.1, 0.15) is 12.6 Å². The van der Waals surface area contributed by atoms with Crippen LogP contribution >= 0.6 is 0 Å². The van der Waals surface area contributed by atoms with E-state index in [9.17, 15) is 5.11 Å². The van der Waals surface area contributed by atoms with Gasteiger partial charge in [-0.1, -0.05) is 38.3 Å². The first-order valence-corrected chi connectivity index (χ1v) is 10.0. The fraction of sp³-hybridized carbons (Fsp3) is 0.667. The molecule has 1 N–H and O–H groups in total. The monoisotopic (exact) mass is 345 g/mol. The molecule has 1 aromatic heterocycles. The third-order valence-corrected chi connectivity index (χ3v) is 5.35. The predicted octanol–water partition coefficient (Wildman–Crippen LogP) is 3.61. The summed E-state index contributed by atoms with van der Waals surface area (Å²) in [6.45, 7) is 6.41. The molecule has 3 rings (SSSR count). The van der Waals surface area contributed by atoms with Gasteiger partial charge in [0.15, 0.2) is 11.0 Å². The summed E-state index contributed by atoms with van der Waals surface area (Å²) in [5.74, 6) is 1.31. The molecular formula is C21H33N2O2+. The van der Waals surface area contributed by atoms with E-state index in [1.807, 2.05) is 0 Å². The molecule has 0 aliphatic heterocycles. The number of aryl methyl sites for hydroxylation is 1. The number of imidazole rings is 1. The maximum atomic E-state index is 10.6. The third kappa shape index (κ3) is 4.24. The Labute approximate surface area is 151 Å². The average molecular weight is 346 g/mol. The summed E-state index contributed by atoms with van der Waals surface area (Å²) in [6, 6.07) is 8.52. The number of hydrogen-bond donors (Lipinski definition) is 1. The third-order valence-electron chi connectivity index (χ3n) is 5.35. The molecule has 1 fully saturated rings. The SMILES string of the molecule is CCCc1n(CC)c2ccccc2[n+]1C[C@H](O)COC1CCCCC1. The van der Waals surface area contributed by atoms with Gasteiger partial charge in [0, 0.05) is 6.42 Å². The molecule has 1 aliphatic carbocycles. The maximum Gasteiger partial charge on any atom is 0.257 e. The van der Waals surface area contributed by atoms with E-state index in [2.05, 4.69) is 47.2 Å². The second-order valence-electron chi connectivity index (χ2n) is 7.26. The molecule has 25 heavy (non-hydrogen) atoms. The molecule has 0 amide bonds. The lowest BCUT2D eigenvalue weighted by Crippen LogP contribution is -2.45. The Morgan fingerprint density at radius 1 is 1.20 bits per heavy atom. The zero-order chi connectivity index (χ0) is 17.6. The van der Waals surface area contributed by atoms with E-state index in [-0.39, 0.29) is 0 Å². The highest BCUT2D eigenvalue weighted by Gasteiger charge is 2.25. The Bertz CT molecular complexity index is 674. The summed E-state index contributed by atoms with van der Waals surface area (Å²) in [6.07, 6.45) is 8.17. The fourth-order valence-corrected chi connectivity index (χ4v) is 4.14. The van der Waals surface area contributed by atoms with Gasteiger partial charge in [-0.15, -0.1) is 0 Å². The van der Waals surface area contributed by atoms with Crippen LogP contribution in [0.4, 0.5) is 0 Å². The molecule has 1 aliphatic rings. The Balaban J connectivity index is 1.76. The van der Waals surface area contributed by atoms with E-state index in [4.69, 9.17) is 4.74 Å². The zero-order valence-corrected chi connectivity index (χ0v) is 15.8. The van der Waals surface area contributed by atoms with Crippen LogP contribution in [0.25, 0.3) is 11.0 Å². The van der Waals surface area contributed by atoms with E-state index >= 15 is 0 Å². The molecule has 138 valence electrons. The predicted molar refractivity (Wildman–Crippen MR) is 101 cm³/mol. The van der Waals surface area contributed by atoms with Crippen molar-refractivity contribution in [2.24, 2.45) is 0 Å². The molecule has 0 radical (unpaired) electrons. The van der Waals surface area contributed by atoms with Crippen LogP contribution in [0.2, 0.25) is 0 Å². The van der Waals surface area contributed by atoms with Crippen molar-refractivity contribution in [1.82, 2.24) is 4.57 Å². The van der Waals surface area contributed by atoms with Crippen molar-refractivity contribution in [3.05, 3.63) is 30.1 Å². The number of rotatable bonds is 8. The molecule has 0 spiro atoms. The number of fused-ring (bicyclic) bond motifs is 1. The Kier molecular flexibility index (Phi) is 6.49. The molecule has 1 atom stereocenters. The van der Waals surface area contributed by atoms with Crippen molar-refractivity contribution >= 4 is 11.0 Å². The quantitative estimate of drug-likeness (QED) is 0.742. The number of aliphatic hydroxyl groups is 1. The first kappa shape index (κ1) is 18.4. The van der Waals surface area contributed by atoms with E-state index < -0.39 is 6.10 Å². The van der Waals surface area contributed by atoms with Crippen LogP contribution in [-0.2, 0) is 24.2 Å². The van der Waals surface area contributed by atoms with Crippen molar-refractivity contribution in [3.63, 3.8) is 0 Å². The normalized spacial score (nSPS) is 17.2. The number of para-hydroxylation sites is 2. The van der Waals surface area contributed by atoms with Gasteiger partial charge in [-0.2, -0.15) is 0 Å². The van der Waals surface area contributed by atoms with Crippen LogP contribution in [-0.4, -0.2) is 28.5 Å². The minimum atomic E-state index is -0.460. The number of benzene rings is 1. The van der Waals surface area contributed by atoms with Gasteiger partial charge in [0.05, 0.1) is 19.3 Å². The van der Waals surface area contributed by atoms with Crippen molar-refractivity contribution in [2.75, 3.05) is 6.61 Å². The number of hydrogen-bond acceptors (Lipinski definition) is 2. The molecule has 4 nitrogen and oxygen atoms in total. The van der Waals surface area contributed by atoms with Crippen LogP contribution < -0.4 is 4.57 Å². The van der Waals surface area contributed by atoms with Gasteiger partial charge in [0.25, 0.3) is 5.82 Å². The summed E-state index contributed by atoms with van der Waals surface area (Å²) in [4.78, 5) is 0. The minimum absolute atomic E-state index is 0.348. The van der Waals surface area contributed by atoms with Crippen LogP contribution in [0.5, 0.6) is 0 Å². The molecule has 1 saturated carbocycles. The highest BCUT2D eigenvalue weighted by Crippen LogP contribution is 2.20. The number of ether oxygens (including phenoxy) is 1. The summed E-state index contributed by atoms with van der Waals surface area (Å²) >= 11 is 0. The van der Waals surface area contributed by atoms with Gasteiger partial charge in [-0.3, -0.25) is 0 Å². The molecule has 4 heteroatoms. The highest BCUT2D eigenvalue weighted by atomic mass is 16.5. The Morgan fingerprint density at radius 3 is 2.68 bits per heavy atom. The van der Waals surface area contributed by atoms with Gasteiger partial charge < -0.3 is 9.84 Å². The topological polar surface area (TPSA) is 38.3 Å². The van der Waals surface area contributed by atoms with E-state index in [1.54, 1.807) is 0 Å². The van der Waals surface area contributed by atoms with E-state index in [0.717, 1.165) is 32.2 Å². The van der Waals surface area contributed by atoms with Crippen LogP contribution in [0.3, 0.4) is 0 Å². The molecule has 1 aromatic carbocycles. The van der Waals surface area contributed by atoms with E-state index in [0.29, 0.717) is 19.3 Å². The first-order chi connectivity index (χ1) is 12.2. The van der Waals surface area contributed by atoms with Gasteiger partial charge in [-0.05, 0) is 38.3 Å². The molecule has 0 saturated heterocycles. The van der Waals surface area contributed by atoms with Crippen LogP contribution in [0, 0.1) is 0 Å². The Morgan fingerprint density at radius 2 is 1.96 bits per heavy atom. The van der Waals surface area contributed by atoms with Gasteiger partial charge in [0.2, 0.25) is 0 Å². The molecule has 0 unspecified atom stereocenters. The lowest BCUT2D eigenvalue weighted by atomic mass is 9.98. The largest absolute Gasteiger partial charge is 0.387 e. The lowest BCUT2D eigenvalue weighted by molar-refractivity contribution is -0.687. The van der Waals surface area contributed by atoms with Gasteiger partial charge in [-0.25, -0.2) is 9.13 Å². The average Bonchev–Trinajstić information content (AvgIpc) is 2.94. The Hall–Kier alpha value is -1.39. The summed E-state index contributed by atoms with van der Waals surface area (Å²) in [5, 5.41) is 10.6. The number of aliphatic hydroxyl groups excluding tert-OH is 1. The van der Waals surface area contributed by atoms with Gasteiger partial charge >= 0.3 is 0 Å². The first-order valence-electron chi connectivity index (χ1n) is 10.0. The molecule has 2 aromatic rings. The molecule has 0 bridgehead atoms. The highest BCUT2D eigenvalue weighted by molar-refractivity contribution is 5.72. The summed E-state index contributed by atoms with van der Waals surface area (Å²) in [5.41, 5.74) is 2.47. The standard InChI is InChI=1S/C21H33N2O2/c1-3-10-21-22(4-2)19-13-8-9-14-20(19)23(21)15-17(24)16-25-18-11-6-5-7-12-18/h8-9,13-14,17-18,24H,3-7,10-12,15-16H2,1-2H3/q+1/t17-/m0/s1. The van der Waals surface area contributed by atoms with Crippen molar-refractivity contribution in [3.8, 4) is 0 Å². The fourth-order valence-electron chi connectivity index (χ4n) is 4.14. The number of aromatic nitrogens is 2. The lowest BCUT2D eigenvalue weighted by Gasteiger charge is -2.23. The minimum Gasteiger partial charge on any atom is -0.387 e. The summed E-state index contributed by atoms with van der Waals surface area (Å²) in [7, 11) is 0. The van der Waals surface area contributed by atoms with Crippen molar-refractivity contribution in [1.29, 1.82) is 0 Å².